The summed E-state index contributed by atoms with van der Waals surface area (Å²) in [5, 5.41) is -1.15. The number of benzene rings is 2. The van der Waals surface area contributed by atoms with Crippen LogP contribution in [0.2, 0.25) is 0 Å². The van der Waals surface area contributed by atoms with E-state index in [2.05, 4.69) is 0 Å². The summed E-state index contributed by atoms with van der Waals surface area (Å²) in [5.41, 5.74) is 1.61. The summed E-state index contributed by atoms with van der Waals surface area (Å²) < 4.78 is 44.3. The Kier molecular flexibility index (Phi) is 8.06. The summed E-state index contributed by atoms with van der Waals surface area (Å²) in [6, 6.07) is 14.5. The highest BCUT2D eigenvalue weighted by Gasteiger charge is 2.35. The maximum Gasteiger partial charge on any atom is 0.224 e. The van der Waals surface area contributed by atoms with Crippen LogP contribution in [0.1, 0.15) is 30.4 Å². The number of carbonyl (C=O) groups excluding carboxylic acids is 1. The van der Waals surface area contributed by atoms with Crippen LogP contribution in [0.25, 0.3) is 0 Å². The molecule has 0 aromatic heterocycles. The van der Waals surface area contributed by atoms with Gasteiger partial charge in [0.15, 0.2) is 0 Å². The summed E-state index contributed by atoms with van der Waals surface area (Å²) >= 11 is 0. The standard InChI is InChI=1S/C23H29NO6S/c1-28-20-9-5-18(6-10-20)15-24(16-19-7-11-21(29-2)12-8-19)31(26,27)23(17-25)14-22-4-3-13-30-22/h5-12,17,22-23H,3-4,13-16H2,1-2H3/t22-,23?/m0/s1. The van der Waals surface area contributed by atoms with E-state index in [-0.39, 0.29) is 25.6 Å². The van der Waals surface area contributed by atoms with Crippen molar-refractivity contribution in [1.82, 2.24) is 4.31 Å². The quantitative estimate of drug-likeness (QED) is 0.492. The first-order valence-corrected chi connectivity index (χ1v) is 11.8. The lowest BCUT2D eigenvalue weighted by Crippen LogP contribution is -2.40. The summed E-state index contributed by atoms with van der Waals surface area (Å²) in [5.74, 6) is 1.38. The highest BCUT2D eigenvalue weighted by Crippen LogP contribution is 2.25. The molecule has 0 amide bonds. The van der Waals surface area contributed by atoms with E-state index in [1.807, 2.05) is 24.3 Å². The van der Waals surface area contributed by atoms with Crippen LogP contribution in [0, 0.1) is 0 Å². The van der Waals surface area contributed by atoms with Crippen LogP contribution >= 0.6 is 0 Å². The van der Waals surface area contributed by atoms with Gasteiger partial charge in [-0.15, -0.1) is 0 Å². The summed E-state index contributed by atoms with van der Waals surface area (Å²) in [4.78, 5) is 11.8. The molecule has 1 aliphatic heterocycles. The normalized spacial score (nSPS) is 17.5. The molecule has 8 heteroatoms. The fourth-order valence-corrected chi connectivity index (χ4v) is 5.27. The lowest BCUT2D eigenvalue weighted by atomic mass is 10.1. The van der Waals surface area contributed by atoms with Crippen molar-refractivity contribution in [3.05, 3.63) is 59.7 Å². The largest absolute Gasteiger partial charge is 0.497 e. The minimum atomic E-state index is -3.91. The van der Waals surface area contributed by atoms with Gasteiger partial charge in [0.25, 0.3) is 0 Å². The zero-order valence-electron chi connectivity index (χ0n) is 17.9. The minimum absolute atomic E-state index is 0.147. The van der Waals surface area contributed by atoms with Gasteiger partial charge in [0.05, 0.1) is 20.3 Å². The molecule has 168 valence electrons. The maximum absolute atomic E-state index is 13.5. The molecule has 1 fully saturated rings. The van der Waals surface area contributed by atoms with Crippen LogP contribution in [0.15, 0.2) is 48.5 Å². The Hall–Kier alpha value is -2.42. The second kappa shape index (κ2) is 10.7. The molecule has 2 aromatic carbocycles. The van der Waals surface area contributed by atoms with Crippen molar-refractivity contribution < 1.29 is 27.4 Å². The molecule has 7 nitrogen and oxygen atoms in total. The summed E-state index contributed by atoms with van der Waals surface area (Å²) in [7, 11) is -0.748. The number of rotatable bonds is 11. The van der Waals surface area contributed by atoms with Gasteiger partial charge in [-0.1, -0.05) is 24.3 Å². The number of ether oxygens (including phenoxy) is 3. The fraction of sp³-hybridized carbons (Fsp3) is 0.435. The molecule has 2 aromatic rings. The zero-order valence-corrected chi connectivity index (χ0v) is 18.7. The number of aldehydes is 1. The van der Waals surface area contributed by atoms with Crippen LogP contribution in [-0.2, 0) is 32.6 Å². The van der Waals surface area contributed by atoms with Gasteiger partial charge in [0.1, 0.15) is 23.0 Å². The third kappa shape index (κ3) is 6.06. The van der Waals surface area contributed by atoms with Gasteiger partial charge in [-0.05, 0) is 54.7 Å². The van der Waals surface area contributed by atoms with Crippen LogP contribution in [-0.4, -0.2) is 51.2 Å². The highest BCUT2D eigenvalue weighted by atomic mass is 32.2. The monoisotopic (exact) mass is 447 g/mol. The van der Waals surface area contributed by atoms with E-state index in [4.69, 9.17) is 14.2 Å². The van der Waals surface area contributed by atoms with Crippen molar-refractivity contribution in [2.24, 2.45) is 0 Å². The number of methoxy groups -OCH3 is 2. The molecular formula is C23H29NO6S. The molecule has 1 aliphatic rings. The van der Waals surface area contributed by atoms with Crippen molar-refractivity contribution in [1.29, 1.82) is 0 Å². The second-order valence-electron chi connectivity index (χ2n) is 7.55. The Morgan fingerprint density at radius 1 is 1.00 bits per heavy atom. The van der Waals surface area contributed by atoms with Gasteiger partial charge in [-0.2, -0.15) is 4.31 Å². The third-order valence-corrected chi connectivity index (χ3v) is 7.50. The predicted molar refractivity (Wildman–Crippen MR) is 118 cm³/mol. The Balaban J connectivity index is 1.86. The van der Waals surface area contributed by atoms with Gasteiger partial charge in [-0.25, -0.2) is 8.42 Å². The Labute approximate surface area is 184 Å². The van der Waals surface area contributed by atoms with E-state index in [9.17, 15) is 13.2 Å². The van der Waals surface area contributed by atoms with Crippen molar-refractivity contribution in [3.63, 3.8) is 0 Å². The predicted octanol–water partition coefficient (Wildman–Crippen LogP) is 3.17. The number of hydrogen-bond donors (Lipinski definition) is 0. The lowest BCUT2D eigenvalue weighted by molar-refractivity contribution is -0.108. The Morgan fingerprint density at radius 3 is 1.90 bits per heavy atom. The Bertz CT molecular complexity index is 888. The van der Waals surface area contributed by atoms with Gasteiger partial charge >= 0.3 is 0 Å². The first kappa shape index (κ1) is 23.2. The van der Waals surface area contributed by atoms with E-state index in [1.54, 1.807) is 38.5 Å². The van der Waals surface area contributed by atoms with Gasteiger partial charge in [0.2, 0.25) is 10.0 Å². The first-order valence-electron chi connectivity index (χ1n) is 10.3. The SMILES string of the molecule is COc1ccc(CN(Cc2ccc(OC)cc2)S(=O)(=O)C(C=O)C[C@@H]2CCCO2)cc1. The smallest absolute Gasteiger partial charge is 0.224 e. The molecule has 0 spiro atoms. The Morgan fingerprint density at radius 2 is 1.52 bits per heavy atom. The molecular weight excluding hydrogens is 418 g/mol. The fourth-order valence-electron chi connectivity index (χ4n) is 3.63. The molecule has 0 saturated carbocycles. The second-order valence-corrected chi connectivity index (χ2v) is 9.71. The first-order chi connectivity index (χ1) is 15.0. The van der Waals surface area contributed by atoms with Crippen molar-refractivity contribution in [3.8, 4) is 11.5 Å². The van der Waals surface area contributed by atoms with Crippen molar-refractivity contribution in [2.45, 2.75) is 43.7 Å². The topological polar surface area (TPSA) is 82.1 Å². The van der Waals surface area contributed by atoms with Crippen molar-refractivity contribution in [2.75, 3.05) is 20.8 Å². The number of sulfonamides is 1. The minimum Gasteiger partial charge on any atom is -0.497 e. The molecule has 31 heavy (non-hydrogen) atoms. The van der Waals surface area contributed by atoms with Crippen LogP contribution in [0.4, 0.5) is 0 Å². The zero-order chi connectivity index (χ0) is 22.3. The molecule has 0 N–H and O–H groups in total. The van der Waals surface area contributed by atoms with Gasteiger partial charge in [0, 0.05) is 19.7 Å². The average Bonchev–Trinajstić information content (AvgIpc) is 3.31. The van der Waals surface area contributed by atoms with Crippen LogP contribution in [0.5, 0.6) is 11.5 Å². The molecule has 1 saturated heterocycles. The van der Waals surface area contributed by atoms with E-state index >= 15 is 0 Å². The molecule has 1 unspecified atom stereocenters. The molecule has 0 radical (unpaired) electrons. The van der Waals surface area contributed by atoms with Crippen LogP contribution in [0.3, 0.4) is 0 Å². The highest BCUT2D eigenvalue weighted by molar-refractivity contribution is 7.90. The summed E-state index contributed by atoms with van der Waals surface area (Å²) in [6.45, 7) is 0.903. The number of carbonyl (C=O) groups is 1. The van der Waals surface area contributed by atoms with Crippen molar-refractivity contribution >= 4 is 16.3 Å². The molecule has 0 bridgehead atoms. The third-order valence-electron chi connectivity index (χ3n) is 5.45. The molecule has 2 atom stereocenters. The van der Waals surface area contributed by atoms with Crippen LogP contribution < -0.4 is 9.47 Å². The van der Waals surface area contributed by atoms with E-state index in [0.717, 1.165) is 24.0 Å². The van der Waals surface area contributed by atoms with E-state index in [1.165, 1.54) is 4.31 Å². The van der Waals surface area contributed by atoms with Gasteiger partial charge in [-0.3, -0.25) is 0 Å². The number of nitrogens with zero attached hydrogens (tertiary/aromatic N) is 1. The molecule has 3 rings (SSSR count). The molecule has 0 aliphatic carbocycles. The molecule has 1 heterocycles. The number of hydrogen-bond acceptors (Lipinski definition) is 6. The maximum atomic E-state index is 13.5. The van der Waals surface area contributed by atoms with E-state index < -0.39 is 15.3 Å². The summed E-state index contributed by atoms with van der Waals surface area (Å²) in [6.07, 6.45) is 2.17. The van der Waals surface area contributed by atoms with E-state index in [0.29, 0.717) is 24.4 Å². The van der Waals surface area contributed by atoms with Gasteiger partial charge < -0.3 is 19.0 Å². The average molecular weight is 448 g/mol. The lowest BCUT2D eigenvalue weighted by Gasteiger charge is -2.26.